The van der Waals surface area contributed by atoms with Crippen LogP contribution in [-0.4, -0.2) is 22.1 Å². The van der Waals surface area contributed by atoms with E-state index in [1.807, 2.05) is 16.9 Å². The molecule has 0 radical (unpaired) electrons. The third kappa shape index (κ3) is 6.00. The van der Waals surface area contributed by atoms with E-state index in [0.29, 0.717) is 37.3 Å². The zero-order chi connectivity index (χ0) is 15.8. The van der Waals surface area contributed by atoms with Gasteiger partial charge in [0.1, 0.15) is 5.78 Å². The van der Waals surface area contributed by atoms with Crippen LogP contribution in [0.1, 0.15) is 65.1 Å². The Morgan fingerprint density at radius 1 is 1.33 bits per heavy atom. The van der Waals surface area contributed by atoms with Gasteiger partial charge < -0.3 is 5.73 Å². The standard InChI is InChI=1S/C17H31N3O/c1-5-14(4)20-11-9-16(19-20)12-17(21)7-6-15(8-10-18)13(2)3/h9,11,13-15H,5-8,10,12,18H2,1-4H3. The predicted octanol–water partition coefficient (Wildman–Crippen LogP) is 3.37. The van der Waals surface area contributed by atoms with Gasteiger partial charge in [-0.25, -0.2) is 0 Å². The molecule has 4 heteroatoms. The highest BCUT2D eigenvalue weighted by atomic mass is 16.1. The van der Waals surface area contributed by atoms with Crippen LogP contribution < -0.4 is 5.73 Å². The summed E-state index contributed by atoms with van der Waals surface area (Å²) in [5, 5.41) is 4.50. The van der Waals surface area contributed by atoms with Crippen LogP contribution in [0.5, 0.6) is 0 Å². The van der Waals surface area contributed by atoms with E-state index in [0.717, 1.165) is 25.0 Å². The topological polar surface area (TPSA) is 60.9 Å². The largest absolute Gasteiger partial charge is 0.330 e. The second-order valence-corrected chi connectivity index (χ2v) is 6.38. The summed E-state index contributed by atoms with van der Waals surface area (Å²) < 4.78 is 1.95. The second kappa shape index (κ2) is 8.98. The Hall–Kier alpha value is -1.16. The maximum absolute atomic E-state index is 12.1. The minimum Gasteiger partial charge on any atom is -0.330 e. The van der Waals surface area contributed by atoms with Crippen LogP contribution >= 0.6 is 0 Å². The van der Waals surface area contributed by atoms with E-state index in [1.54, 1.807) is 0 Å². The van der Waals surface area contributed by atoms with Crippen molar-refractivity contribution in [1.82, 2.24) is 9.78 Å². The molecule has 2 unspecified atom stereocenters. The van der Waals surface area contributed by atoms with Crippen LogP contribution in [0.3, 0.4) is 0 Å². The van der Waals surface area contributed by atoms with Gasteiger partial charge in [0.05, 0.1) is 12.1 Å². The molecular weight excluding hydrogens is 262 g/mol. The van der Waals surface area contributed by atoms with Crippen molar-refractivity contribution in [3.8, 4) is 0 Å². The molecule has 0 spiro atoms. The van der Waals surface area contributed by atoms with Crippen molar-refractivity contribution in [2.75, 3.05) is 6.54 Å². The first-order valence-corrected chi connectivity index (χ1v) is 8.23. The summed E-state index contributed by atoms with van der Waals surface area (Å²) in [4.78, 5) is 12.1. The number of hydrogen-bond acceptors (Lipinski definition) is 3. The molecule has 0 fully saturated rings. The molecule has 0 saturated heterocycles. The van der Waals surface area contributed by atoms with Crippen molar-refractivity contribution in [3.63, 3.8) is 0 Å². The molecule has 4 nitrogen and oxygen atoms in total. The summed E-state index contributed by atoms with van der Waals surface area (Å²) in [5.74, 6) is 1.43. The van der Waals surface area contributed by atoms with Crippen LogP contribution in [0.25, 0.3) is 0 Å². The zero-order valence-electron chi connectivity index (χ0n) is 14.0. The van der Waals surface area contributed by atoms with Gasteiger partial charge in [0.15, 0.2) is 0 Å². The molecule has 0 saturated carbocycles. The number of nitrogens with two attached hydrogens (primary N) is 1. The summed E-state index contributed by atoms with van der Waals surface area (Å²) in [6.07, 6.45) is 6.07. The fraction of sp³-hybridized carbons (Fsp3) is 0.765. The monoisotopic (exact) mass is 293 g/mol. The summed E-state index contributed by atoms with van der Waals surface area (Å²) in [7, 11) is 0. The third-order valence-corrected chi connectivity index (χ3v) is 4.36. The molecule has 1 rings (SSSR count). The Kier molecular flexibility index (Phi) is 7.65. The number of nitrogens with zero attached hydrogens (tertiary/aromatic N) is 2. The zero-order valence-corrected chi connectivity index (χ0v) is 14.0. The van der Waals surface area contributed by atoms with Crippen molar-refractivity contribution in [2.45, 2.75) is 65.8 Å². The molecule has 0 aliphatic carbocycles. The van der Waals surface area contributed by atoms with Crippen LogP contribution in [0.4, 0.5) is 0 Å². The highest BCUT2D eigenvalue weighted by Crippen LogP contribution is 2.21. The summed E-state index contributed by atoms with van der Waals surface area (Å²) in [6, 6.07) is 2.35. The smallest absolute Gasteiger partial charge is 0.138 e. The number of ketones is 1. The molecule has 2 atom stereocenters. The van der Waals surface area contributed by atoms with Crippen molar-refractivity contribution < 1.29 is 4.79 Å². The van der Waals surface area contributed by atoms with E-state index in [-0.39, 0.29) is 5.78 Å². The summed E-state index contributed by atoms with van der Waals surface area (Å²) in [6.45, 7) is 9.40. The lowest BCUT2D eigenvalue weighted by molar-refractivity contribution is -0.118. The van der Waals surface area contributed by atoms with Gasteiger partial charge in [-0.2, -0.15) is 5.10 Å². The Morgan fingerprint density at radius 2 is 2.05 bits per heavy atom. The van der Waals surface area contributed by atoms with E-state index in [1.165, 1.54) is 0 Å². The molecule has 0 aliphatic rings. The molecule has 120 valence electrons. The second-order valence-electron chi connectivity index (χ2n) is 6.38. The molecule has 2 N–H and O–H groups in total. The number of aromatic nitrogens is 2. The van der Waals surface area contributed by atoms with Gasteiger partial charge in [0, 0.05) is 18.7 Å². The number of hydrogen-bond donors (Lipinski definition) is 1. The number of carbonyl (C=O) groups excluding carboxylic acids is 1. The minimum atomic E-state index is 0.284. The van der Waals surface area contributed by atoms with E-state index < -0.39 is 0 Å². The lowest BCUT2D eigenvalue weighted by Gasteiger charge is -2.19. The Balaban J connectivity index is 2.44. The first-order valence-electron chi connectivity index (χ1n) is 8.23. The Labute approximate surface area is 129 Å². The van der Waals surface area contributed by atoms with Gasteiger partial charge in [-0.1, -0.05) is 20.8 Å². The molecule has 1 aromatic rings. The van der Waals surface area contributed by atoms with Crippen molar-refractivity contribution >= 4 is 5.78 Å². The lowest BCUT2D eigenvalue weighted by atomic mass is 9.87. The fourth-order valence-electron chi connectivity index (χ4n) is 2.57. The van der Waals surface area contributed by atoms with Gasteiger partial charge in [-0.3, -0.25) is 9.48 Å². The fourth-order valence-corrected chi connectivity index (χ4v) is 2.57. The lowest BCUT2D eigenvalue weighted by Crippen LogP contribution is -2.16. The van der Waals surface area contributed by atoms with Crippen molar-refractivity contribution in [1.29, 1.82) is 0 Å². The SMILES string of the molecule is CCC(C)n1ccc(CC(=O)CCC(CCN)C(C)C)n1. The molecule has 1 heterocycles. The molecule has 0 bridgehead atoms. The van der Waals surface area contributed by atoms with Gasteiger partial charge in [0.2, 0.25) is 0 Å². The van der Waals surface area contributed by atoms with Gasteiger partial charge in [0.25, 0.3) is 0 Å². The van der Waals surface area contributed by atoms with Gasteiger partial charge >= 0.3 is 0 Å². The summed E-state index contributed by atoms with van der Waals surface area (Å²) in [5.41, 5.74) is 6.53. The number of rotatable bonds is 10. The Morgan fingerprint density at radius 3 is 2.62 bits per heavy atom. The van der Waals surface area contributed by atoms with Crippen molar-refractivity contribution in [3.05, 3.63) is 18.0 Å². The third-order valence-electron chi connectivity index (χ3n) is 4.36. The van der Waals surface area contributed by atoms with E-state index >= 15 is 0 Å². The highest BCUT2D eigenvalue weighted by Gasteiger charge is 2.15. The van der Waals surface area contributed by atoms with E-state index in [2.05, 4.69) is 32.8 Å². The molecular formula is C17H31N3O. The van der Waals surface area contributed by atoms with Gasteiger partial charge in [-0.15, -0.1) is 0 Å². The molecule has 0 aliphatic heterocycles. The quantitative estimate of drug-likeness (QED) is 0.719. The summed E-state index contributed by atoms with van der Waals surface area (Å²) >= 11 is 0. The van der Waals surface area contributed by atoms with Gasteiger partial charge in [-0.05, 0) is 50.6 Å². The number of carbonyl (C=O) groups is 1. The maximum Gasteiger partial charge on any atom is 0.138 e. The number of Topliss-reactive ketones (excluding diaryl/α,β-unsaturated/α-hetero) is 1. The van der Waals surface area contributed by atoms with E-state index in [9.17, 15) is 4.79 Å². The van der Waals surface area contributed by atoms with Crippen molar-refractivity contribution in [2.24, 2.45) is 17.6 Å². The highest BCUT2D eigenvalue weighted by molar-refractivity contribution is 5.80. The normalized spacial score (nSPS) is 14.4. The van der Waals surface area contributed by atoms with Crippen LogP contribution in [-0.2, 0) is 11.2 Å². The minimum absolute atomic E-state index is 0.284. The molecule has 1 aromatic heterocycles. The first kappa shape index (κ1) is 17.9. The predicted molar refractivity (Wildman–Crippen MR) is 87.2 cm³/mol. The van der Waals surface area contributed by atoms with Crippen LogP contribution in [0.2, 0.25) is 0 Å². The first-order chi connectivity index (χ1) is 9.97. The van der Waals surface area contributed by atoms with E-state index in [4.69, 9.17) is 5.73 Å². The molecule has 0 amide bonds. The van der Waals surface area contributed by atoms with Crippen LogP contribution in [0, 0.1) is 11.8 Å². The molecule has 21 heavy (non-hydrogen) atoms. The maximum atomic E-state index is 12.1. The average molecular weight is 293 g/mol. The molecule has 0 aromatic carbocycles. The van der Waals surface area contributed by atoms with Crippen LogP contribution in [0.15, 0.2) is 12.3 Å². The average Bonchev–Trinajstić information content (AvgIpc) is 2.90. The Bertz CT molecular complexity index is 425.